The van der Waals surface area contributed by atoms with Gasteiger partial charge in [0.25, 0.3) is 5.91 Å². The molecule has 110 valence electrons. The number of benzene rings is 1. The summed E-state index contributed by atoms with van der Waals surface area (Å²) in [5, 5.41) is 2.91. The van der Waals surface area contributed by atoms with Crippen LogP contribution in [0.2, 0.25) is 0 Å². The number of carbonyl (C=O) groups excluding carboxylic acids is 1. The molecular weight excluding hydrogens is 330 g/mol. The minimum absolute atomic E-state index is 0.0827. The average molecular weight is 348 g/mol. The normalized spacial score (nSPS) is 11.2. The third-order valence-corrected chi connectivity index (χ3v) is 3.57. The highest BCUT2D eigenvalue weighted by molar-refractivity contribution is 9.10. The number of amides is 1. The van der Waals surface area contributed by atoms with Gasteiger partial charge in [-0.1, -0.05) is 36.7 Å². The molecule has 0 bridgehead atoms. The van der Waals surface area contributed by atoms with Gasteiger partial charge in [-0.05, 0) is 24.3 Å². The van der Waals surface area contributed by atoms with Gasteiger partial charge in [0.1, 0.15) is 6.33 Å². The highest BCUT2D eigenvalue weighted by atomic mass is 79.9. The second-order valence-corrected chi connectivity index (χ2v) is 6.75. The predicted molar refractivity (Wildman–Crippen MR) is 86.0 cm³/mol. The van der Waals surface area contributed by atoms with Crippen LogP contribution >= 0.6 is 15.9 Å². The van der Waals surface area contributed by atoms with E-state index in [1.807, 2.05) is 12.1 Å². The summed E-state index contributed by atoms with van der Waals surface area (Å²) in [7, 11) is 0. The summed E-state index contributed by atoms with van der Waals surface area (Å²) in [6.07, 6.45) is 3.30. The van der Waals surface area contributed by atoms with E-state index in [1.54, 1.807) is 24.7 Å². The van der Waals surface area contributed by atoms with Crippen LogP contribution in [0.5, 0.6) is 0 Å². The lowest BCUT2D eigenvalue weighted by Gasteiger charge is -2.21. The summed E-state index contributed by atoms with van der Waals surface area (Å²) in [5.41, 5.74) is 2.44. The lowest BCUT2D eigenvalue weighted by Crippen LogP contribution is -2.26. The van der Waals surface area contributed by atoms with Crippen molar-refractivity contribution in [2.24, 2.45) is 0 Å². The standard InChI is InChI=1S/C16H18BrN3O/c1-16(2,3)14-12(8-18-10-20-14)9-19-15(21)11-4-6-13(17)7-5-11/h4-8,10H,9H2,1-3H3,(H,19,21). The maximum atomic E-state index is 12.1. The molecule has 0 aliphatic heterocycles. The lowest BCUT2D eigenvalue weighted by atomic mass is 9.89. The van der Waals surface area contributed by atoms with Crippen molar-refractivity contribution in [2.75, 3.05) is 0 Å². The maximum Gasteiger partial charge on any atom is 0.251 e. The molecule has 0 fully saturated rings. The number of aromatic nitrogens is 2. The van der Waals surface area contributed by atoms with Gasteiger partial charge in [0, 0.05) is 33.8 Å². The van der Waals surface area contributed by atoms with Crippen LogP contribution in [-0.2, 0) is 12.0 Å². The van der Waals surface area contributed by atoms with Crippen LogP contribution in [0.3, 0.4) is 0 Å². The maximum absolute atomic E-state index is 12.1. The molecule has 0 unspecified atom stereocenters. The Bertz CT molecular complexity index is 633. The number of carbonyl (C=O) groups is 1. The van der Waals surface area contributed by atoms with E-state index >= 15 is 0 Å². The Balaban J connectivity index is 2.10. The molecule has 2 rings (SSSR count). The Hall–Kier alpha value is -1.75. The molecule has 0 atom stereocenters. The summed E-state index contributed by atoms with van der Waals surface area (Å²) >= 11 is 3.35. The molecule has 0 aliphatic carbocycles. The molecule has 0 saturated heterocycles. The van der Waals surface area contributed by atoms with E-state index in [4.69, 9.17) is 0 Å². The number of rotatable bonds is 3. The Kier molecular flexibility index (Phi) is 4.73. The molecule has 1 aromatic heterocycles. The molecule has 0 aliphatic rings. The van der Waals surface area contributed by atoms with E-state index in [2.05, 4.69) is 52.0 Å². The second kappa shape index (κ2) is 6.35. The van der Waals surface area contributed by atoms with Crippen LogP contribution in [0.15, 0.2) is 41.3 Å². The topological polar surface area (TPSA) is 54.9 Å². The zero-order chi connectivity index (χ0) is 15.5. The van der Waals surface area contributed by atoms with E-state index in [0.29, 0.717) is 12.1 Å². The Labute approximate surface area is 133 Å². The fourth-order valence-electron chi connectivity index (χ4n) is 2.04. The fraction of sp³-hybridized carbons (Fsp3) is 0.312. The minimum atomic E-state index is -0.105. The Morgan fingerprint density at radius 1 is 1.24 bits per heavy atom. The first-order valence-electron chi connectivity index (χ1n) is 6.71. The summed E-state index contributed by atoms with van der Waals surface area (Å²) in [6, 6.07) is 7.26. The Morgan fingerprint density at radius 2 is 1.90 bits per heavy atom. The SMILES string of the molecule is CC(C)(C)c1ncncc1CNC(=O)c1ccc(Br)cc1. The summed E-state index contributed by atoms with van der Waals surface area (Å²) in [4.78, 5) is 20.5. The van der Waals surface area contributed by atoms with Gasteiger partial charge in [-0.25, -0.2) is 9.97 Å². The van der Waals surface area contributed by atoms with Crippen molar-refractivity contribution in [3.05, 3.63) is 58.1 Å². The monoisotopic (exact) mass is 347 g/mol. The molecule has 1 amide bonds. The van der Waals surface area contributed by atoms with Crippen molar-refractivity contribution in [1.82, 2.24) is 15.3 Å². The van der Waals surface area contributed by atoms with Crippen LogP contribution in [-0.4, -0.2) is 15.9 Å². The number of nitrogens with one attached hydrogen (secondary N) is 1. The van der Waals surface area contributed by atoms with Gasteiger partial charge in [-0.2, -0.15) is 0 Å². The molecule has 0 spiro atoms. The van der Waals surface area contributed by atoms with Crippen molar-refractivity contribution in [2.45, 2.75) is 32.7 Å². The van der Waals surface area contributed by atoms with Gasteiger partial charge in [-0.15, -0.1) is 0 Å². The van der Waals surface area contributed by atoms with Gasteiger partial charge >= 0.3 is 0 Å². The molecule has 0 radical (unpaired) electrons. The summed E-state index contributed by atoms with van der Waals surface area (Å²) < 4.78 is 0.950. The molecule has 21 heavy (non-hydrogen) atoms. The Morgan fingerprint density at radius 3 is 2.52 bits per heavy atom. The third-order valence-electron chi connectivity index (χ3n) is 3.04. The molecular formula is C16H18BrN3O. The van der Waals surface area contributed by atoms with Crippen molar-refractivity contribution < 1.29 is 4.79 Å². The second-order valence-electron chi connectivity index (χ2n) is 5.84. The first-order valence-corrected chi connectivity index (χ1v) is 7.50. The molecule has 5 heteroatoms. The quantitative estimate of drug-likeness (QED) is 0.924. The van der Waals surface area contributed by atoms with Crippen molar-refractivity contribution in [1.29, 1.82) is 0 Å². The third kappa shape index (κ3) is 4.11. The van der Waals surface area contributed by atoms with Crippen LogP contribution in [0.1, 0.15) is 42.4 Å². The van der Waals surface area contributed by atoms with Crippen LogP contribution in [0, 0.1) is 0 Å². The van der Waals surface area contributed by atoms with E-state index in [0.717, 1.165) is 15.7 Å². The van der Waals surface area contributed by atoms with Gasteiger partial charge < -0.3 is 5.32 Å². The van der Waals surface area contributed by atoms with Crippen molar-refractivity contribution in [3.63, 3.8) is 0 Å². The van der Waals surface area contributed by atoms with Gasteiger partial charge in [0.2, 0.25) is 0 Å². The number of hydrogen-bond donors (Lipinski definition) is 1. The van der Waals surface area contributed by atoms with Gasteiger partial charge in [-0.3, -0.25) is 4.79 Å². The zero-order valence-corrected chi connectivity index (χ0v) is 13.9. The molecule has 2 aromatic rings. The van der Waals surface area contributed by atoms with Crippen molar-refractivity contribution >= 4 is 21.8 Å². The van der Waals surface area contributed by atoms with E-state index in [9.17, 15) is 4.79 Å². The first kappa shape index (κ1) is 15.6. The number of hydrogen-bond acceptors (Lipinski definition) is 3. The molecule has 1 N–H and O–H groups in total. The predicted octanol–water partition coefficient (Wildman–Crippen LogP) is 3.47. The summed E-state index contributed by atoms with van der Waals surface area (Å²) in [6.45, 7) is 6.70. The number of halogens is 1. The highest BCUT2D eigenvalue weighted by Gasteiger charge is 2.19. The van der Waals surface area contributed by atoms with Crippen LogP contribution in [0.25, 0.3) is 0 Å². The van der Waals surface area contributed by atoms with Gasteiger partial charge in [0.05, 0.1) is 5.69 Å². The molecule has 1 heterocycles. The smallest absolute Gasteiger partial charge is 0.251 e. The van der Waals surface area contributed by atoms with Crippen LogP contribution < -0.4 is 5.32 Å². The molecule has 4 nitrogen and oxygen atoms in total. The number of nitrogens with zero attached hydrogens (tertiary/aromatic N) is 2. The lowest BCUT2D eigenvalue weighted by molar-refractivity contribution is 0.0950. The summed E-state index contributed by atoms with van der Waals surface area (Å²) in [5.74, 6) is -0.105. The van der Waals surface area contributed by atoms with E-state index in [-0.39, 0.29) is 11.3 Å². The van der Waals surface area contributed by atoms with Crippen LogP contribution in [0.4, 0.5) is 0 Å². The fourth-order valence-corrected chi connectivity index (χ4v) is 2.31. The van der Waals surface area contributed by atoms with E-state index < -0.39 is 0 Å². The van der Waals surface area contributed by atoms with E-state index in [1.165, 1.54) is 0 Å². The highest BCUT2D eigenvalue weighted by Crippen LogP contribution is 2.22. The largest absolute Gasteiger partial charge is 0.348 e. The first-order chi connectivity index (χ1) is 9.88. The van der Waals surface area contributed by atoms with Gasteiger partial charge in [0.15, 0.2) is 0 Å². The molecule has 0 saturated carbocycles. The average Bonchev–Trinajstić information content (AvgIpc) is 2.45. The molecule has 1 aromatic carbocycles. The van der Waals surface area contributed by atoms with Crippen molar-refractivity contribution in [3.8, 4) is 0 Å². The minimum Gasteiger partial charge on any atom is -0.348 e. The zero-order valence-electron chi connectivity index (χ0n) is 12.4.